The molecule has 2 rings (SSSR count). The first-order valence-electron chi connectivity index (χ1n) is 7.11. The van der Waals surface area contributed by atoms with Gasteiger partial charge in [0.2, 0.25) is 0 Å². The van der Waals surface area contributed by atoms with Gasteiger partial charge in [0, 0.05) is 30.7 Å². The van der Waals surface area contributed by atoms with Crippen molar-refractivity contribution in [2.45, 2.75) is 25.9 Å². The van der Waals surface area contributed by atoms with Crippen molar-refractivity contribution in [1.29, 1.82) is 0 Å². The summed E-state index contributed by atoms with van der Waals surface area (Å²) in [6.07, 6.45) is 3.36. The predicted molar refractivity (Wildman–Crippen MR) is 92.7 cm³/mol. The van der Waals surface area contributed by atoms with E-state index in [0.717, 1.165) is 0 Å². The number of thioether (sulfide) groups is 1. The minimum atomic E-state index is 0.537. The van der Waals surface area contributed by atoms with Gasteiger partial charge in [0.1, 0.15) is 0 Å². The van der Waals surface area contributed by atoms with Crippen LogP contribution in [0.5, 0.6) is 0 Å². The van der Waals surface area contributed by atoms with Gasteiger partial charge >= 0.3 is 0 Å². The summed E-state index contributed by atoms with van der Waals surface area (Å²) in [5, 5.41) is 2.57. The molecule has 108 valence electrons. The zero-order chi connectivity index (χ0) is 14.5. The van der Waals surface area contributed by atoms with Crippen molar-refractivity contribution < 1.29 is 0 Å². The van der Waals surface area contributed by atoms with E-state index in [0.29, 0.717) is 12.6 Å². The molecule has 0 saturated carbocycles. The SMILES string of the molecule is CSCCC(C)N(C)c1ccc(CN)c2ccccc12. The Kier molecular flexibility index (Phi) is 5.32. The standard InChI is InChI=1S/C17H24N2S/c1-13(10-11-20-3)19(2)17-9-8-14(12-18)15-6-4-5-7-16(15)17/h4-9,13H,10-12,18H2,1-3H3. The molecule has 0 amide bonds. The van der Waals surface area contributed by atoms with E-state index in [2.05, 4.69) is 61.5 Å². The van der Waals surface area contributed by atoms with Gasteiger partial charge in [-0.15, -0.1) is 0 Å². The van der Waals surface area contributed by atoms with Crippen molar-refractivity contribution in [3.05, 3.63) is 42.0 Å². The third-order valence-electron chi connectivity index (χ3n) is 3.99. The Morgan fingerprint density at radius 2 is 1.85 bits per heavy atom. The molecule has 3 heteroatoms. The highest BCUT2D eigenvalue weighted by Gasteiger charge is 2.13. The molecule has 2 N–H and O–H groups in total. The Morgan fingerprint density at radius 1 is 1.15 bits per heavy atom. The van der Waals surface area contributed by atoms with Crippen molar-refractivity contribution in [3.63, 3.8) is 0 Å². The largest absolute Gasteiger partial charge is 0.371 e. The van der Waals surface area contributed by atoms with Gasteiger partial charge in [-0.25, -0.2) is 0 Å². The first-order chi connectivity index (χ1) is 9.69. The molecule has 0 spiro atoms. The molecular weight excluding hydrogens is 264 g/mol. The Hall–Kier alpha value is -1.19. The summed E-state index contributed by atoms with van der Waals surface area (Å²) in [6, 6.07) is 13.5. The first kappa shape index (κ1) is 15.2. The van der Waals surface area contributed by atoms with Gasteiger partial charge in [0.25, 0.3) is 0 Å². The van der Waals surface area contributed by atoms with Crippen molar-refractivity contribution in [2.24, 2.45) is 5.73 Å². The van der Waals surface area contributed by atoms with Crippen LogP contribution < -0.4 is 10.6 Å². The average molecular weight is 288 g/mol. The second kappa shape index (κ2) is 7.00. The smallest absolute Gasteiger partial charge is 0.0445 e. The van der Waals surface area contributed by atoms with Crippen LogP contribution in [0, 0.1) is 0 Å². The number of nitrogens with zero attached hydrogens (tertiary/aromatic N) is 1. The molecule has 2 aromatic rings. The Labute approximate surface area is 126 Å². The molecule has 0 fully saturated rings. The number of hydrogen-bond donors (Lipinski definition) is 1. The fourth-order valence-corrected chi connectivity index (χ4v) is 3.13. The van der Waals surface area contributed by atoms with E-state index in [9.17, 15) is 0 Å². The number of fused-ring (bicyclic) bond motifs is 1. The molecule has 0 aromatic heterocycles. The van der Waals surface area contributed by atoms with Gasteiger partial charge in [-0.2, -0.15) is 11.8 Å². The Morgan fingerprint density at radius 3 is 2.50 bits per heavy atom. The van der Waals surface area contributed by atoms with Gasteiger partial charge in [-0.3, -0.25) is 0 Å². The molecule has 0 aliphatic carbocycles. The maximum atomic E-state index is 5.85. The monoisotopic (exact) mass is 288 g/mol. The number of rotatable bonds is 6. The quantitative estimate of drug-likeness (QED) is 0.874. The van der Waals surface area contributed by atoms with Crippen LogP contribution in [0.2, 0.25) is 0 Å². The van der Waals surface area contributed by atoms with E-state index in [1.54, 1.807) is 0 Å². The molecule has 0 bridgehead atoms. The number of benzene rings is 2. The van der Waals surface area contributed by atoms with Crippen LogP contribution in [0.4, 0.5) is 5.69 Å². The van der Waals surface area contributed by atoms with Gasteiger partial charge in [-0.1, -0.05) is 30.3 Å². The molecule has 0 aliphatic rings. The van der Waals surface area contributed by atoms with Gasteiger partial charge in [-0.05, 0) is 42.4 Å². The zero-order valence-corrected chi connectivity index (χ0v) is 13.4. The molecule has 2 nitrogen and oxygen atoms in total. The molecule has 1 atom stereocenters. The maximum Gasteiger partial charge on any atom is 0.0445 e. The molecular formula is C17H24N2S. The van der Waals surface area contributed by atoms with E-state index in [4.69, 9.17) is 5.73 Å². The summed E-state index contributed by atoms with van der Waals surface area (Å²) >= 11 is 1.91. The predicted octanol–water partition coefficient (Wildman–Crippen LogP) is 3.88. The van der Waals surface area contributed by atoms with Crippen LogP contribution in [0.1, 0.15) is 18.9 Å². The van der Waals surface area contributed by atoms with Crippen LogP contribution in [0.25, 0.3) is 10.8 Å². The molecule has 2 aromatic carbocycles. The highest BCUT2D eigenvalue weighted by atomic mass is 32.2. The highest BCUT2D eigenvalue weighted by Crippen LogP contribution is 2.30. The summed E-state index contributed by atoms with van der Waals surface area (Å²) in [4.78, 5) is 2.39. The highest BCUT2D eigenvalue weighted by molar-refractivity contribution is 7.98. The van der Waals surface area contributed by atoms with Crippen molar-refractivity contribution >= 4 is 28.2 Å². The second-order valence-corrected chi connectivity index (χ2v) is 6.22. The van der Waals surface area contributed by atoms with E-state index in [-0.39, 0.29) is 0 Å². The topological polar surface area (TPSA) is 29.3 Å². The molecule has 0 saturated heterocycles. The minimum Gasteiger partial charge on any atom is -0.371 e. The molecule has 0 heterocycles. The number of hydrogen-bond acceptors (Lipinski definition) is 3. The Balaban J connectivity index is 2.39. The van der Waals surface area contributed by atoms with E-state index in [1.807, 2.05) is 11.8 Å². The first-order valence-corrected chi connectivity index (χ1v) is 8.51. The van der Waals surface area contributed by atoms with Gasteiger partial charge in [0.05, 0.1) is 0 Å². The fraction of sp³-hybridized carbons (Fsp3) is 0.412. The fourth-order valence-electron chi connectivity index (χ4n) is 2.55. The normalized spacial score (nSPS) is 12.6. The van der Waals surface area contributed by atoms with Gasteiger partial charge in [0.15, 0.2) is 0 Å². The lowest BCUT2D eigenvalue weighted by Crippen LogP contribution is -2.29. The Bertz CT molecular complexity index is 568. The van der Waals surface area contributed by atoms with Crippen LogP contribution >= 0.6 is 11.8 Å². The summed E-state index contributed by atoms with van der Waals surface area (Å²) < 4.78 is 0. The third-order valence-corrected chi connectivity index (χ3v) is 4.64. The summed E-state index contributed by atoms with van der Waals surface area (Å²) in [7, 11) is 2.19. The maximum absolute atomic E-state index is 5.85. The van der Waals surface area contributed by atoms with Crippen LogP contribution in [0.15, 0.2) is 36.4 Å². The van der Waals surface area contributed by atoms with Gasteiger partial charge < -0.3 is 10.6 Å². The summed E-state index contributed by atoms with van der Waals surface area (Å²) in [5.74, 6) is 1.20. The van der Waals surface area contributed by atoms with Crippen LogP contribution in [-0.2, 0) is 6.54 Å². The number of nitrogens with two attached hydrogens (primary N) is 1. The lowest BCUT2D eigenvalue weighted by atomic mass is 10.0. The lowest BCUT2D eigenvalue weighted by molar-refractivity contribution is 0.671. The zero-order valence-electron chi connectivity index (χ0n) is 12.6. The second-order valence-electron chi connectivity index (χ2n) is 5.23. The lowest BCUT2D eigenvalue weighted by Gasteiger charge is -2.28. The number of anilines is 1. The molecule has 1 unspecified atom stereocenters. The van der Waals surface area contributed by atoms with E-state index < -0.39 is 0 Å². The van der Waals surface area contributed by atoms with Crippen LogP contribution in [-0.4, -0.2) is 25.1 Å². The van der Waals surface area contributed by atoms with Crippen molar-refractivity contribution in [2.75, 3.05) is 24.0 Å². The summed E-state index contributed by atoms with van der Waals surface area (Å²) in [5.41, 5.74) is 8.37. The van der Waals surface area contributed by atoms with E-state index >= 15 is 0 Å². The summed E-state index contributed by atoms with van der Waals surface area (Å²) in [6.45, 7) is 2.88. The minimum absolute atomic E-state index is 0.537. The van der Waals surface area contributed by atoms with Crippen LogP contribution in [0.3, 0.4) is 0 Å². The third kappa shape index (κ3) is 3.10. The molecule has 20 heavy (non-hydrogen) atoms. The molecule has 0 aliphatic heterocycles. The van der Waals surface area contributed by atoms with Crippen molar-refractivity contribution in [1.82, 2.24) is 0 Å². The van der Waals surface area contributed by atoms with Crippen molar-refractivity contribution in [3.8, 4) is 0 Å². The molecule has 0 radical (unpaired) electrons. The van der Waals surface area contributed by atoms with E-state index in [1.165, 1.54) is 34.2 Å². The average Bonchev–Trinajstić information content (AvgIpc) is 2.50.